The average Bonchev–Trinajstić information content (AvgIpc) is 3.24. The van der Waals surface area contributed by atoms with Crippen molar-refractivity contribution in [1.82, 2.24) is 14.5 Å². The van der Waals surface area contributed by atoms with Crippen LogP contribution in [0.1, 0.15) is 6.42 Å². The van der Waals surface area contributed by atoms with Gasteiger partial charge in [0.15, 0.2) is 0 Å². The molecule has 5 nitrogen and oxygen atoms in total. The highest BCUT2D eigenvalue weighted by Gasteiger charge is 2.27. The van der Waals surface area contributed by atoms with Crippen LogP contribution in [0.5, 0.6) is 5.75 Å². The van der Waals surface area contributed by atoms with Gasteiger partial charge >= 0.3 is 0 Å². The lowest BCUT2D eigenvalue weighted by Gasteiger charge is -2.18. The van der Waals surface area contributed by atoms with Gasteiger partial charge in [-0.05, 0) is 29.7 Å². The molecule has 5 heteroatoms. The van der Waals surface area contributed by atoms with Crippen LogP contribution in [0.3, 0.4) is 0 Å². The number of nitrogens with zero attached hydrogens (tertiary/aromatic N) is 3. The van der Waals surface area contributed by atoms with Crippen molar-refractivity contribution in [2.45, 2.75) is 19.1 Å². The molecule has 4 rings (SSSR count). The molecular weight excluding hydrogens is 302 g/mol. The molecule has 1 atom stereocenters. The van der Waals surface area contributed by atoms with Gasteiger partial charge in [-0.25, -0.2) is 0 Å². The van der Waals surface area contributed by atoms with E-state index in [1.807, 2.05) is 52.1 Å². The lowest BCUT2D eigenvalue weighted by molar-refractivity contribution is -0.131. The predicted octanol–water partition coefficient (Wildman–Crippen LogP) is 2.72. The quantitative estimate of drug-likeness (QED) is 0.742. The molecule has 0 saturated carbocycles. The van der Waals surface area contributed by atoms with Crippen molar-refractivity contribution in [3.63, 3.8) is 0 Å². The zero-order valence-electron chi connectivity index (χ0n) is 13.3. The normalized spacial score (nSPS) is 17.3. The van der Waals surface area contributed by atoms with Crippen LogP contribution in [0.25, 0.3) is 10.9 Å². The fourth-order valence-corrected chi connectivity index (χ4v) is 3.18. The average molecular weight is 321 g/mol. The van der Waals surface area contributed by atoms with E-state index in [9.17, 15) is 4.79 Å². The number of benzene rings is 1. The number of para-hydroxylation sites is 1. The van der Waals surface area contributed by atoms with Crippen LogP contribution in [0.4, 0.5) is 0 Å². The summed E-state index contributed by atoms with van der Waals surface area (Å²) < 4.78 is 7.93. The first-order valence-corrected chi connectivity index (χ1v) is 8.18. The molecule has 1 aromatic carbocycles. The first-order valence-electron chi connectivity index (χ1n) is 8.18. The van der Waals surface area contributed by atoms with Crippen LogP contribution >= 0.6 is 0 Å². The van der Waals surface area contributed by atoms with Gasteiger partial charge in [-0.15, -0.1) is 0 Å². The van der Waals surface area contributed by atoms with E-state index in [1.165, 1.54) is 0 Å². The van der Waals surface area contributed by atoms with Crippen molar-refractivity contribution in [2.24, 2.45) is 0 Å². The minimum absolute atomic E-state index is 0.0535. The van der Waals surface area contributed by atoms with Gasteiger partial charge in [-0.3, -0.25) is 9.78 Å². The minimum Gasteiger partial charge on any atom is -0.488 e. The Morgan fingerprint density at radius 1 is 1.17 bits per heavy atom. The molecule has 0 aliphatic carbocycles. The molecular formula is C19H19N3O2. The fourth-order valence-electron chi connectivity index (χ4n) is 3.18. The van der Waals surface area contributed by atoms with Crippen LogP contribution in [0.15, 0.2) is 61.1 Å². The number of ether oxygens (including phenoxy) is 1. The first-order chi connectivity index (χ1) is 11.8. The molecule has 1 aliphatic rings. The summed E-state index contributed by atoms with van der Waals surface area (Å²) in [6.07, 6.45) is 6.32. The smallest absolute Gasteiger partial charge is 0.242 e. The Labute approximate surface area is 140 Å². The summed E-state index contributed by atoms with van der Waals surface area (Å²) in [5.74, 6) is 0.942. The topological polar surface area (TPSA) is 47.4 Å². The number of fused-ring (bicyclic) bond motifs is 1. The van der Waals surface area contributed by atoms with Gasteiger partial charge in [0.25, 0.3) is 0 Å². The SMILES string of the molecule is O=C(Cn1ccc2ccccc21)N1CC[C@@H](Oc2ccncc2)C1. The highest BCUT2D eigenvalue weighted by atomic mass is 16.5. The summed E-state index contributed by atoms with van der Waals surface area (Å²) >= 11 is 0. The Hall–Kier alpha value is -2.82. The number of pyridine rings is 1. The highest BCUT2D eigenvalue weighted by molar-refractivity contribution is 5.83. The van der Waals surface area contributed by atoms with Crippen molar-refractivity contribution >= 4 is 16.8 Å². The molecule has 1 aliphatic heterocycles. The van der Waals surface area contributed by atoms with E-state index in [-0.39, 0.29) is 12.0 Å². The zero-order chi connectivity index (χ0) is 16.4. The molecule has 0 bridgehead atoms. The minimum atomic E-state index is 0.0535. The van der Waals surface area contributed by atoms with Crippen molar-refractivity contribution in [3.05, 3.63) is 61.1 Å². The molecule has 24 heavy (non-hydrogen) atoms. The molecule has 1 fully saturated rings. The van der Waals surface area contributed by atoms with Gasteiger partial charge in [0.2, 0.25) is 5.91 Å². The van der Waals surface area contributed by atoms with Crippen LogP contribution in [-0.2, 0) is 11.3 Å². The lowest BCUT2D eigenvalue weighted by atomic mass is 10.2. The third kappa shape index (κ3) is 2.97. The fraction of sp³-hybridized carbons (Fsp3) is 0.263. The summed E-state index contributed by atoms with van der Waals surface area (Å²) in [6, 6.07) is 13.8. The summed E-state index contributed by atoms with van der Waals surface area (Å²) in [4.78, 5) is 18.5. The second-order valence-corrected chi connectivity index (χ2v) is 6.05. The number of hydrogen-bond donors (Lipinski definition) is 0. The van der Waals surface area contributed by atoms with Gasteiger partial charge in [0.05, 0.1) is 6.54 Å². The lowest BCUT2D eigenvalue weighted by Crippen LogP contribution is -2.33. The maximum Gasteiger partial charge on any atom is 0.242 e. The van der Waals surface area contributed by atoms with E-state index in [2.05, 4.69) is 11.1 Å². The molecule has 0 N–H and O–H groups in total. The van der Waals surface area contributed by atoms with E-state index in [0.29, 0.717) is 13.1 Å². The maximum atomic E-state index is 12.6. The summed E-state index contributed by atoms with van der Waals surface area (Å²) in [5.41, 5.74) is 1.09. The molecule has 3 aromatic rings. The molecule has 3 heterocycles. The van der Waals surface area contributed by atoms with Crippen LogP contribution < -0.4 is 4.74 Å². The maximum absolute atomic E-state index is 12.6. The van der Waals surface area contributed by atoms with Crippen molar-refractivity contribution in [3.8, 4) is 5.75 Å². The van der Waals surface area contributed by atoms with E-state index < -0.39 is 0 Å². The highest BCUT2D eigenvalue weighted by Crippen LogP contribution is 2.19. The number of aromatic nitrogens is 2. The molecule has 1 saturated heterocycles. The van der Waals surface area contributed by atoms with Crippen LogP contribution in [-0.4, -0.2) is 39.6 Å². The van der Waals surface area contributed by atoms with E-state index in [0.717, 1.165) is 29.6 Å². The van der Waals surface area contributed by atoms with Crippen molar-refractivity contribution in [2.75, 3.05) is 13.1 Å². The predicted molar refractivity (Wildman–Crippen MR) is 91.8 cm³/mol. The summed E-state index contributed by atoms with van der Waals surface area (Å²) in [5, 5.41) is 1.16. The van der Waals surface area contributed by atoms with Crippen molar-refractivity contribution in [1.29, 1.82) is 0 Å². The molecule has 0 spiro atoms. The standard InChI is InChI=1S/C19H19N3O2/c23-19(14-21-11-7-15-3-1-2-4-18(15)21)22-12-8-17(13-22)24-16-5-9-20-10-6-16/h1-7,9-11,17H,8,12-14H2/t17-/m1/s1. The monoisotopic (exact) mass is 321 g/mol. The molecule has 0 unspecified atom stereocenters. The number of hydrogen-bond acceptors (Lipinski definition) is 3. The van der Waals surface area contributed by atoms with Gasteiger partial charge < -0.3 is 14.2 Å². The Bertz CT molecular complexity index is 844. The largest absolute Gasteiger partial charge is 0.488 e. The third-order valence-corrected chi connectivity index (χ3v) is 4.44. The van der Waals surface area contributed by atoms with Gasteiger partial charge in [-0.2, -0.15) is 0 Å². The third-order valence-electron chi connectivity index (χ3n) is 4.44. The van der Waals surface area contributed by atoms with E-state index in [1.54, 1.807) is 12.4 Å². The van der Waals surface area contributed by atoms with Gasteiger partial charge in [0.1, 0.15) is 18.4 Å². The van der Waals surface area contributed by atoms with E-state index >= 15 is 0 Å². The van der Waals surface area contributed by atoms with E-state index in [4.69, 9.17) is 4.74 Å². The van der Waals surface area contributed by atoms with Crippen LogP contribution in [0.2, 0.25) is 0 Å². The summed E-state index contributed by atoms with van der Waals surface area (Å²) in [6.45, 7) is 1.75. The summed E-state index contributed by atoms with van der Waals surface area (Å²) in [7, 11) is 0. The number of rotatable bonds is 4. The number of likely N-dealkylation sites (tertiary alicyclic amines) is 1. The second-order valence-electron chi connectivity index (χ2n) is 6.05. The number of carbonyl (C=O) groups excluding carboxylic acids is 1. The van der Waals surface area contributed by atoms with Gasteiger partial charge in [0, 0.05) is 37.1 Å². The Balaban J connectivity index is 1.39. The second kappa shape index (κ2) is 6.35. The Morgan fingerprint density at radius 3 is 2.88 bits per heavy atom. The molecule has 122 valence electrons. The first kappa shape index (κ1) is 14.8. The van der Waals surface area contributed by atoms with Crippen LogP contribution in [0, 0.1) is 0 Å². The Morgan fingerprint density at radius 2 is 2.00 bits per heavy atom. The molecule has 2 aromatic heterocycles. The number of carbonyl (C=O) groups is 1. The van der Waals surface area contributed by atoms with Gasteiger partial charge in [-0.1, -0.05) is 18.2 Å². The molecule has 1 amide bonds. The Kier molecular flexibility index (Phi) is 3.91. The molecule has 0 radical (unpaired) electrons. The number of amides is 1. The zero-order valence-corrected chi connectivity index (χ0v) is 13.3. The van der Waals surface area contributed by atoms with Crippen molar-refractivity contribution < 1.29 is 9.53 Å².